The zero-order chi connectivity index (χ0) is 22.7. The molecular formula is C26H21ClO5. The van der Waals surface area contributed by atoms with Crippen LogP contribution in [0.5, 0.6) is 5.75 Å². The quantitative estimate of drug-likeness (QED) is 0.326. The molecule has 1 heterocycles. The Kier molecular flexibility index (Phi) is 6.28. The maximum Gasteiger partial charge on any atom is 0.338 e. The van der Waals surface area contributed by atoms with Crippen molar-refractivity contribution in [2.24, 2.45) is 0 Å². The van der Waals surface area contributed by atoms with Gasteiger partial charge in [-0.1, -0.05) is 23.7 Å². The fourth-order valence-corrected chi connectivity index (χ4v) is 3.29. The lowest BCUT2D eigenvalue weighted by Gasteiger charge is -2.10. The molecule has 0 spiro atoms. The van der Waals surface area contributed by atoms with Gasteiger partial charge >= 0.3 is 5.97 Å². The van der Waals surface area contributed by atoms with Gasteiger partial charge in [0.15, 0.2) is 5.43 Å². The average Bonchev–Trinajstić information content (AvgIpc) is 2.78. The van der Waals surface area contributed by atoms with E-state index in [9.17, 15) is 9.59 Å². The first-order valence-corrected chi connectivity index (χ1v) is 10.5. The number of benzene rings is 3. The van der Waals surface area contributed by atoms with Crippen LogP contribution in [0.25, 0.3) is 22.3 Å². The van der Waals surface area contributed by atoms with Crippen LogP contribution in [0.4, 0.5) is 0 Å². The molecule has 1 aromatic heterocycles. The Labute approximate surface area is 190 Å². The van der Waals surface area contributed by atoms with Crippen molar-refractivity contribution in [3.8, 4) is 17.1 Å². The number of halogens is 1. The summed E-state index contributed by atoms with van der Waals surface area (Å²) in [6, 6.07) is 20.7. The smallest absolute Gasteiger partial charge is 0.338 e. The number of hydrogen-bond acceptors (Lipinski definition) is 5. The van der Waals surface area contributed by atoms with Gasteiger partial charge in [0.25, 0.3) is 0 Å². The van der Waals surface area contributed by atoms with E-state index in [2.05, 4.69) is 0 Å². The fraction of sp³-hybridized carbons (Fsp3) is 0.154. The third kappa shape index (κ3) is 5.01. The molecule has 0 fully saturated rings. The maximum absolute atomic E-state index is 12.7. The van der Waals surface area contributed by atoms with Crippen molar-refractivity contribution < 1.29 is 18.7 Å². The molecule has 32 heavy (non-hydrogen) atoms. The summed E-state index contributed by atoms with van der Waals surface area (Å²) in [5.74, 6) is 0.669. The normalized spacial score (nSPS) is 11.0. The predicted molar refractivity (Wildman–Crippen MR) is 124 cm³/mol. The highest BCUT2D eigenvalue weighted by Gasteiger charge is 2.10. The summed E-state index contributed by atoms with van der Waals surface area (Å²) in [4.78, 5) is 24.6. The van der Waals surface area contributed by atoms with Crippen molar-refractivity contribution in [3.05, 3.63) is 99.2 Å². The van der Waals surface area contributed by atoms with Gasteiger partial charge in [-0.3, -0.25) is 4.79 Å². The zero-order valence-corrected chi connectivity index (χ0v) is 18.4. The monoisotopic (exact) mass is 448 g/mol. The van der Waals surface area contributed by atoms with E-state index in [1.165, 1.54) is 6.07 Å². The van der Waals surface area contributed by atoms with Gasteiger partial charge in [0.2, 0.25) is 0 Å². The highest BCUT2D eigenvalue weighted by Crippen LogP contribution is 2.26. The molecule has 4 rings (SSSR count). The SMILES string of the molecule is CC(C)OC(=O)c1ccc(COc2ccc3oc(-c4ccc(Cl)cc4)cc(=O)c3c2)cc1. The van der Waals surface area contributed by atoms with Crippen molar-refractivity contribution >= 4 is 28.5 Å². The third-order valence-electron chi connectivity index (χ3n) is 4.77. The summed E-state index contributed by atoms with van der Waals surface area (Å²) < 4.78 is 16.9. The molecule has 162 valence electrons. The second-order valence-electron chi connectivity index (χ2n) is 7.58. The highest BCUT2D eigenvalue weighted by molar-refractivity contribution is 6.30. The number of hydrogen-bond donors (Lipinski definition) is 0. The second kappa shape index (κ2) is 9.28. The Balaban J connectivity index is 1.49. The van der Waals surface area contributed by atoms with Crippen LogP contribution in [0, 0.1) is 0 Å². The van der Waals surface area contributed by atoms with Crippen LogP contribution in [0.15, 0.2) is 82.0 Å². The molecule has 0 atom stereocenters. The van der Waals surface area contributed by atoms with Crippen molar-refractivity contribution in [3.63, 3.8) is 0 Å². The van der Waals surface area contributed by atoms with Crippen molar-refractivity contribution in [2.45, 2.75) is 26.6 Å². The lowest BCUT2D eigenvalue weighted by atomic mass is 10.1. The van der Waals surface area contributed by atoms with Gasteiger partial charge in [0.05, 0.1) is 17.1 Å². The number of esters is 1. The predicted octanol–water partition coefficient (Wildman–Crippen LogP) is 6.26. The van der Waals surface area contributed by atoms with E-state index in [0.717, 1.165) is 11.1 Å². The number of carbonyl (C=O) groups is 1. The maximum atomic E-state index is 12.7. The molecule has 0 N–H and O–H groups in total. The Hall–Kier alpha value is -3.57. The Morgan fingerprint density at radius 3 is 2.38 bits per heavy atom. The average molecular weight is 449 g/mol. The molecule has 0 aliphatic rings. The molecule has 6 heteroatoms. The topological polar surface area (TPSA) is 65.7 Å². The van der Waals surface area contributed by atoms with Gasteiger partial charge in [0.1, 0.15) is 23.7 Å². The van der Waals surface area contributed by atoms with Crippen molar-refractivity contribution in [1.82, 2.24) is 0 Å². The minimum Gasteiger partial charge on any atom is -0.489 e. The summed E-state index contributed by atoms with van der Waals surface area (Å²) in [5, 5.41) is 1.05. The first-order chi connectivity index (χ1) is 15.4. The molecule has 0 bridgehead atoms. The van der Waals surface area contributed by atoms with Crippen LogP contribution in [0.1, 0.15) is 29.8 Å². The highest BCUT2D eigenvalue weighted by atomic mass is 35.5. The molecule has 0 unspecified atom stereocenters. The van der Waals surface area contributed by atoms with Gasteiger partial charge in [-0.05, 0) is 74.0 Å². The Bertz CT molecular complexity index is 1310. The van der Waals surface area contributed by atoms with Crippen LogP contribution < -0.4 is 10.2 Å². The van der Waals surface area contributed by atoms with E-state index >= 15 is 0 Å². The molecular weight excluding hydrogens is 428 g/mol. The van der Waals surface area contributed by atoms with E-state index in [0.29, 0.717) is 39.7 Å². The van der Waals surface area contributed by atoms with Crippen LogP contribution in [-0.2, 0) is 11.3 Å². The first kappa shape index (κ1) is 21.7. The molecule has 0 amide bonds. The minimum absolute atomic E-state index is 0.158. The summed E-state index contributed by atoms with van der Waals surface area (Å²) in [7, 11) is 0. The van der Waals surface area contributed by atoms with Crippen LogP contribution in [0.2, 0.25) is 5.02 Å². The molecule has 3 aromatic carbocycles. The van der Waals surface area contributed by atoms with Crippen LogP contribution in [0.3, 0.4) is 0 Å². The standard InChI is InChI=1S/C26H21ClO5/c1-16(2)31-26(29)19-5-3-17(4-6-19)15-30-21-11-12-24-22(13-21)23(28)14-25(32-24)18-7-9-20(27)10-8-18/h3-14,16H,15H2,1-2H3. The number of fused-ring (bicyclic) bond motifs is 1. The number of carbonyl (C=O) groups excluding carboxylic acids is 1. The number of rotatable bonds is 6. The summed E-state index contributed by atoms with van der Waals surface area (Å²) in [6.07, 6.45) is -0.168. The van der Waals surface area contributed by atoms with E-state index in [1.807, 2.05) is 26.0 Å². The van der Waals surface area contributed by atoms with Crippen molar-refractivity contribution in [1.29, 1.82) is 0 Å². The lowest BCUT2D eigenvalue weighted by Crippen LogP contribution is -2.11. The molecule has 5 nitrogen and oxygen atoms in total. The van der Waals surface area contributed by atoms with Crippen LogP contribution in [-0.4, -0.2) is 12.1 Å². The van der Waals surface area contributed by atoms with E-state index in [-0.39, 0.29) is 17.5 Å². The Morgan fingerprint density at radius 2 is 1.69 bits per heavy atom. The summed E-state index contributed by atoms with van der Waals surface area (Å²) in [6.45, 7) is 3.91. The van der Waals surface area contributed by atoms with Crippen molar-refractivity contribution in [2.75, 3.05) is 0 Å². The third-order valence-corrected chi connectivity index (χ3v) is 5.02. The van der Waals surface area contributed by atoms with Gasteiger partial charge in [-0.2, -0.15) is 0 Å². The summed E-state index contributed by atoms with van der Waals surface area (Å²) in [5.41, 5.74) is 2.46. The molecule has 0 aliphatic carbocycles. The second-order valence-corrected chi connectivity index (χ2v) is 8.02. The molecule has 0 aliphatic heterocycles. The van der Waals surface area contributed by atoms with Gasteiger partial charge in [0, 0.05) is 16.7 Å². The Morgan fingerprint density at radius 1 is 0.969 bits per heavy atom. The van der Waals surface area contributed by atoms with E-state index < -0.39 is 0 Å². The zero-order valence-electron chi connectivity index (χ0n) is 17.6. The molecule has 0 saturated carbocycles. The minimum atomic E-state index is -0.355. The van der Waals surface area contributed by atoms with Crippen LogP contribution >= 0.6 is 11.6 Å². The summed E-state index contributed by atoms with van der Waals surface area (Å²) >= 11 is 5.93. The largest absolute Gasteiger partial charge is 0.489 e. The molecule has 0 saturated heterocycles. The molecule has 0 radical (unpaired) electrons. The van der Waals surface area contributed by atoms with E-state index in [4.69, 9.17) is 25.5 Å². The van der Waals surface area contributed by atoms with Gasteiger partial charge in [-0.15, -0.1) is 0 Å². The van der Waals surface area contributed by atoms with Gasteiger partial charge in [-0.25, -0.2) is 4.79 Å². The fourth-order valence-electron chi connectivity index (χ4n) is 3.17. The first-order valence-electron chi connectivity index (χ1n) is 10.2. The van der Waals surface area contributed by atoms with E-state index in [1.54, 1.807) is 54.6 Å². The lowest BCUT2D eigenvalue weighted by molar-refractivity contribution is 0.0378. The molecule has 4 aromatic rings. The number of ether oxygens (including phenoxy) is 2. The van der Waals surface area contributed by atoms with Gasteiger partial charge < -0.3 is 13.9 Å².